The Kier molecular flexibility index (Phi) is 12.5. The first-order valence-corrected chi connectivity index (χ1v) is 24.0. The van der Waals surface area contributed by atoms with Crippen molar-refractivity contribution in [2.75, 3.05) is 0 Å². The molecule has 0 radical (unpaired) electrons. The highest BCUT2D eigenvalue weighted by Gasteiger charge is 2.29. The van der Waals surface area contributed by atoms with Gasteiger partial charge in [0.05, 0.1) is 13.2 Å². The summed E-state index contributed by atoms with van der Waals surface area (Å²) in [6, 6.07) is 50.9. The molecular formula is C56H58OP2. The van der Waals surface area contributed by atoms with E-state index in [0.29, 0.717) is 13.2 Å². The molecule has 59 heavy (non-hydrogen) atoms. The first-order chi connectivity index (χ1) is 28.6. The predicted molar refractivity (Wildman–Crippen MR) is 258 cm³/mol. The highest BCUT2D eigenvalue weighted by molar-refractivity contribution is 7.80. The van der Waals surface area contributed by atoms with Gasteiger partial charge in [-0.15, -0.1) is 0 Å². The molecule has 0 saturated carbocycles. The highest BCUT2D eigenvalue weighted by atomic mass is 31.1. The normalized spacial score (nSPS) is 12.6. The fourth-order valence-electron chi connectivity index (χ4n) is 9.43. The summed E-state index contributed by atoms with van der Waals surface area (Å²) in [6.45, 7) is 19.8. The number of rotatable bonds is 10. The van der Waals surface area contributed by atoms with E-state index in [2.05, 4.69) is 189 Å². The van der Waals surface area contributed by atoms with Crippen LogP contribution in [0.2, 0.25) is 0 Å². The second-order valence-electron chi connectivity index (χ2n) is 16.8. The van der Waals surface area contributed by atoms with Gasteiger partial charge in [0.1, 0.15) is 0 Å². The Morgan fingerprint density at radius 1 is 0.373 bits per heavy atom. The zero-order chi connectivity index (χ0) is 41.2. The lowest BCUT2D eigenvalue weighted by Gasteiger charge is -2.31. The number of ether oxygens (including phenoxy) is 1. The van der Waals surface area contributed by atoms with E-state index in [1.807, 2.05) is 0 Å². The minimum absolute atomic E-state index is 0.601. The minimum atomic E-state index is -0.830. The largest absolute Gasteiger partial charge is 0.372 e. The Balaban J connectivity index is 1.31. The van der Waals surface area contributed by atoms with Crippen molar-refractivity contribution in [3.8, 4) is 0 Å². The lowest BCUT2D eigenvalue weighted by atomic mass is 9.93. The molecular weight excluding hydrogens is 751 g/mol. The summed E-state index contributed by atoms with van der Waals surface area (Å²) in [4.78, 5) is 0. The van der Waals surface area contributed by atoms with E-state index in [4.69, 9.17) is 4.74 Å². The average molecular weight is 809 g/mol. The molecule has 7 aromatic rings. The van der Waals surface area contributed by atoms with Crippen LogP contribution in [-0.4, -0.2) is 0 Å². The molecule has 0 N–H and O–H groups in total. The molecule has 0 amide bonds. The molecule has 0 aliphatic heterocycles. The number of benzene rings is 7. The van der Waals surface area contributed by atoms with Crippen molar-refractivity contribution in [1.82, 2.24) is 0 Å². The van der Waals surface area contributed by atoms with E-state index in [9.17, 15) is 0 Å². The molecule has 298 valence electrons. The summed E-state index contributed by atoms with van der Waals surface area (Å²) in [5, 5.41) is 9.08. The standard InChI is InChI=1S/C56H58OP2/c1-37-16-12-17-38(2)53(37)58(54-39(3)18-13-19-40(54)4)51-32-45-26-28-47(51)30-31-48-34-52(49(29-27-45)33-50(48)36-57-35-46-24-10-9-11-25-46)59(55-41(5)20-14-21-42(55)6)56-43(7)22-15-23-44(56)8/h9-26,28,32-34H,27,29-31,35-36H2,1-8H3. The summed E-state index contributed by atoms with van der Waals surface area (Å²) in [5.41, 5.74) is 19.4. The molecule has 4 aliphatic rings. The van der Waals surface area contributed by atoms with Crippen molar-refractivity contribution in [3.05, 3.63) is 211 Å². The van der Waals surface area contributed by atoms with Crippen LogP contribution in [0.4, 0.5) is 0 Å². The van der Waals surface area contributed by atoms with Gasteiger partial charge in [0, 0.05) is 0 Å². The molecule has 4 aliphatic carbocycles. The van der Waals surface area contributed by atoms with Crippen LogP contribution in [-0.2, 0) is 43.6 Å². The zero-order valence-electron chi connectivity index (χ0n) is 36.2. The fourth-order valence-corrected chi connectivity index (χ4v) is 15.8. The quantitative estimate of drug-likeness (QED) is 0.125. The second-order valence-corrected chi connectivity index (χ2v) is 20.9. The van der Waals surface area contributed by atoms with E-state index in [1.165, 1.54) is 110 Å². The van der Waals surface area contributed by atoms with E-state index >= 15 is 0 Å². The molecule has 4 bridgehead atoms. The van der Waals surface area contributed by atoms with Crippen LogP contribution >= 0.6 is 15.8 Å². The fraction of sp³-hybridized carbons (Fsp3) is 0.250. The molecule has 0 saturated heterocycles. The van der Waals surface area contributed by atoms with Gasteiger partial charge in [0.15, 0.2) is 0 Å². The second kappa shape index (κ2) is 17.9. The monoisotopic (exact) mass is 808 g/mol. The van der Waals surface area contributed by atoms with Gasteiger partial charge in [-0.1, -0.05) is 127 Å². The molecule has 0 unspecified atom stereocenters. The molecule has 0 heterocycles. The first kappa shape index (κ1) is 41.1. The number of aryl methyl sites for hydroxylation is 12. The van der Waals surface area contributed by atoms with Crippen molar-refractivity contribution in [2.24, 2.45) is 0 Å². The predicted octanol–water partition coefficient (Wildman–Crippen LogP) is 11.3. The third-order valence-corrected chi connectivity index (χ3v) is 18.8. The van der Waals surface area contributed by atoms with Crippen LogP contribution in [0, 0.1) is 55.4 Å². The molecule has 0 aromatic heterocycles. The van der Waals surface area contributed by atoms with Crippen molar-refractivity contribution in [3.63, 3.8) is 0 Å². The summed E-state index contributed by atoms with van der Waals surface area (Å²) in [6.07, 6.45) is 3.88. The summed E-state index contributed by atoms with van der Waals surface area (Å²) < 4.78 is 6.61. The van der Waals surface area contributed by atoms with E-state index in [-0.39, 0.29) is 0 Å². The summed E-state index contributed by atoms with van der Waals surface area (Å²) in [5.74, 6) is 0. The minimum Gasteiger partial charge on any atom is -0.372 e. The number of hydrogen-bond donors (Lipinski definition) is 0. The number of hydrogen-bond acceptors (Lipinski definition) is 1. The van der Waals surface area contributed by atoms with Crippen LogP contribution in [0.1, 0.15) is 77.9 Å². The van der Waals surface area contributed by atoms with Crippen molar-refractivity contribution in [2.45, 2.75) is 94.3 Å². The maximum absolute atomic E-state index is 6.61. The van der Waals surface area contributed by atoms with Crippen LogP contribution in [0.15, 0.2) is 133 Å². The van der Waals surface area contributed by atoms with Crippen molar-refractivity contribution in [1.29, 1.82) is 0 Å². The summed E-state index contributed by atoms with van der Waals surface area (Å²) in [7, 11) is -1.63. The SMILES string of the molecule is Cc1cccc(C)c1P(c1cc2c(COCc3ccccc3)cc1CCc1ccc(c(P(c3c(C)cccc3C)c3c(C)cccc3C)c1)CC2)c1c(C)cccc1C. The van der Waals surface area contributed by atoms with Crippen LogP contribution in [0.25, 0.3) is 0 Å². The molecule has 3 heteroatoms. The van der Waals surface area contributed by atoms with Crippen LogP contribution in [0.3, 0.4) is 0 Å². The Morgan fingerprint density at radius 2 is 0.797 bits per heavy atom. The van der Waals surface area contributed by atoms with Gasteiger partial charge in [-0.3, -0.25) is 0 Å². The van der Waals surface area contributed by atoms with Crippen molar-refractivity contribution >= 4 is 47.7 Å². The third-order valence-electron chi connectivity index (χ3n) is 12.4. The molecule has 1 nitrogen and oxygen atoms in total. The smallest absolute Gasteiger partial charge is 0.0724 e. The Labute approximate surface area is 356 Å². The Hall–Kier alpha value is -4.64. The third kappa shape index (κ3) is 8.54. The zero-order valence-corrected chi connectivity index (χ0v) is 38.0. The van der Waals surface area contributed by atoms with E-state index in [1.54, 1.807) is 0 Å². The molecule has 7 aromatic carbocycles. The van der Waals surface area contributed by atoms with E-state index in [0.717, 1.165) is 25.7 Å². The molecule has 0 spiro atoms. The van der Waals surface area contributed by atoms with Gasteiger partial charge >= 0.3 is 0 Å². The van der Waals surface area contributed by atoms with Gasteiger partial charge in [0.2, 0.25) is 0 Å². The Bertz CT molecular complexity index is 2450. The maximum Gasteiger partial charge on any atom is 0.0724 e. The first-order valence-electron chi connectivity index (χ1n) is 21.3. The molecule has 0 fully saturated rings. The van der Waals surface area contributed by atoms with Gasteiger partial charge in [-0.2, -0.15) is 0 Å². The van der Waals surface area contributed by atoms with Crippen LogP contribution in [0.5, 0.6) is 0 Å². The van der Waals surface area contributed by atoms with Crippen molar-refractivity contribution < 1.29 is 4.74 Å². The van der Waals surface area contributed by atoms with Gasteiger partial charge in [-0.05, 0) is 213 Å². The lowest BCUT2D eigenvalue weighted by molar-refractivity contribution is 0.106. The van der Waals surface area contributed by atoms with Gasteiger partial charge < -0.3 is 4.74 Å². The van der Waals surface area contributed by atoms with Gasteiger partial charge in [-0.25, -0.2) is 0 Å². The summed E-state index contributed by atoms with van der Waals surface area (Å²) >= 11 is 0. The highest BCUT2D eigenvalue weighted by Crippen LogP contribution is 2.42. The molecule has 0 atom stereocenters. The lowest BCUT2D eigenvalue weighted by Crippen LogP contribution is -2.31. The van der Waals surface area contributed by atoms with E-state index < -0.39 is 15.8 Å². The van der Waals surface area contributed by atoms with Gasteiger partial charge in [0.25, 0.3) is 0 Å². The van der Waals surface area contributed by atoms with Crippen LogP contribution < -0.4 is 31.8 Å². The Morgan fingerprint density at radius 3 is 1.27 bits per heavy atom. The molecule has 11 rings (SSSR count). The topological polar surface area (TPSA) is 9.23 Å². The maximum atomic E-state index is 6.61. The average Bonchev–Trinajstić information content (AvgIpc) is 3.21.